The van der Waals surface area contributed by atoms with E-state index in [1.54, 1.807) is 0 Å². The minimum absolute atomic E-state index is 0.744. The van der Waals surface area contributed by atoms with Crippen LogP contribution >= 0.6 is 0 Å². The summed E-state index contributed by atoms with van der Waals surface area (Å²) in [6.45, 7) is 0. The summed E-state index contributed by atoms with van der Waals surface area (Å²) in [7, 11) is 0. The fourth-order valence-corrected chi connectivity index (χ4v) is 5.35. The SMILES string of the molecule is N#CC(=C1C(=C(C#N)c2c(F)c(F)c(C#N)c(C#N)c2F)C1=C(C#N)c1c(F)c(F)c(C#N)c(C#N)c1F)c1c(C(F)(F)F)cc(C(F)(F)F)cc1C(F)(F)F. The normalized spacial score (nSPS) is 14.2. The summed E-state index contributed by atoms with van der Waals surface area (Å²) in [6, 6.07) is 4.31. The van der Waals surface area contributed by atoms with Gasteiger partial charge in [0.15, 0.2) is 34.9 Å². The average Bonchev–Trinajstić information content (AvgIpc) is 3.83. The van der Waals surface area contributed by atoms with E-state index in [0.717, 1.165) is 42.5 Å². The van der Waals surface area contributed by atoms with Crippen molar-refractivity contribution in [2.24, 2.45) is 0 Å². The lowest BCUT2D eigenvalue weighted by atomic mass is 9.90. The molecular weight excluding hydrogens is 791 g/mol. The molecule has 7 nitrogen and oxygen atoms in total. The highest BCUT2D eigenvalue weighted by atomic mass is 19.4. The summed E-state index contributed by atoms with van der Waals surface area (Å²) in [4.78, 5) is 0. The minimum Gasteiger partial charge on any atom is -0.205 e. The summed E-state index contributed by atoms with van der Waals surface area (Å²) >= 11 is 0. The van der Waals surface area contributed by atoms with Crippen molar-refractivity contribution in [1.82, 2.24) is 0 Å². The Morgan fingerprint density at radius 1 is 0.375 bits per heavy atom. The Morgan fingerprint density at radius 2 is 0.643 bits per heavy atom. The van der Waals surface area contributed by atoms with Gasteiger partial charge in [-0.2, -0.15) is 76.3 Å². The molecule has 0 N–H and O–H groups in total. The van der Waals surface area contributed by atoms with E-state index in [1.165, 1.54) is 0 Å². The molecule has 0 saturated heterocycles. The molecule has 4 rings (SSSR count). The molecule has 0 radical (unpaired) electrons. The Kier molecular flexibility index (Phi) is 10.2. The van der Waals surface area contributed by atoms with Gasteiger partial charge in [-0.25, -0.2) is 26.3 Å². The first-order valence-corrected chi connectivity index (χ1v) is 13.8. The second-order valence-electron chi connectivity index (χ2n) is 10.6. The Morgan fingerprint density at radius 3 is 0.875 bits per heavy atom. The van der Waals surface area contributed by atoms with Crippen molar-refractivity contribution in [3.8, 4) is 42.5 Å². The number of nitriles is 7. The first kappa shape index (κ1) is 41.0. The second-order valence-corrected chi connectivity index (χ2v) is 10.6. The van der Waals surface area contributed by atoms with Crippen LogP contribution in [0.5, 0.6) is 0 Å². The van der Waals surface area contributed by atoms with Crippen molar-refractivity contribution in [3.63, 3.8) is 0 Å². The highest BCUT2D eigenvalue weighted by Gasteiger charge is 2.50. The summed E-state index contributed by atoms with van der Waals surface area (Å²) in [5.74, 6) is -14.7. The molecular formula is C34H2F15N7. The lowest BCUT2D eigenvalue weighted by Gasteiger charge is -2.21. The molecule has 278 valence electrons. The molecule has 0 spiro atoms. The number of allylic oxidation sites excluding steroid dienone is 6. The molecule has 1 saturated carbocycles. The van der Waals surface area contributed by atoms with E-state index in [4.69, 9.17) is 10.5 Å². The number of hydrogen-bond acceptors (Lipinski definition) is 7. The van der Waals surface area contributed by atoms with Gasteiger partial charge in [0, 0.05) is 22.3 Å². The van der Waals surface area contributed by atoms with E-state index >= 15 is 17.6 Å². The van der Waals surface area contributed by atoms with E-state index in [-0.39, 0.29) is 0 Å². The largest absolute Gasteiger partial charge is 0.417 e. The number of hydrogen-bond donors (Lipinski definition) is 0. The summed E-state index contributed by atoms with van der Waals surface area (Å²) in [6.07, 6.45) is -18.5. The van der Waals surface area contributed by atoms with Crippen molar-refractivity contribution in [2.45, 2.75) is 18.5 Å². The number of rotatable bonds is 3. The first-order chi connectivity index (χ1) is 25.9. The molecule has 0 amide bonds. The quantitative estimate of drug-likeness (QED) is 0.145. The van der Waals surface area contributed by atoms with Crippen LogP contribution in [0.4, 0.5) is 65.9 Å². The van der Waals surface area contributed by atoms with Crippen LogP contribution in [0.2, 0.25) is 0 Å². The Hall–Kier alpha value is -7.74. The monoisotopic (exact) mass is 793 g/mol. The summed E-state index contributed by atoms with van der Waals surface area (Å²) in [5.41, 5.74) is -32.9. The van der Waals surface area contributed by atoms with Gasteiger partial charge in [0.05, 0.1) is 44.5 Å². The van der Waals surface area contributed by atoms with E-state index in [1.807, 2.05) is 0 Å². The van der Waals surface area contributed by atoms with Gasteiger partial charge in [-0.3, -0.25) is 0 Å². The van der Waals surface area contributed by atoms with Gasteiger partial charge in [-0.1, -0.05) is 0 Å². The van der Waals surface area contributed by atoms with Crippen LogP contribution in [0, 0.1) is 114 Å². The van der Waals surface area contributed by atoms with Crippen LogP contribution in [0.1, 0.15) is 55.6 Å². The van der Waals surface area contributed by atoms with E-state index < -0.39 is 155 Å². The molecule has 0 atom stereocenters. The lowest BCUT2D eigenvalue weighted by molar-refractivity contribution is -0.148. The Labute approximate surface area is 300 Å². The highest BCUT2D eigenvalue weighted by Crippen LogP contribution is 2.59. The van der Waals surface area contributed by atoms with Gasteiger partial charge < -0.3 is 0 Å². The minimum atomic E-state index is -6.27. The first-order valence-electron chi connectivity index (χ1n) is 13.8. The highest BCUT2D eigenvalue weighted by molar-refractivity contribution is 6.12. The standard InChI is InChI=1S/C34H2F15N7/c35-26-11(3-50)13(5-52)28(37)30(39)24(26)16(8-55)22-21(23(22)17(9-56)25-27(36)12(4-51)14(6-53)29(38)31(25)40)15(7-54)20-18(33(44,45)46)1-10(32(41,42)43)2-19(20)34(47,48)49/h1-2H. The van der Waals surface area contributed by atoms with Gasteiger partial charge in [0.2, 0.25) is 0 Å². The van der Waals surface area contributed by atoms with E-state index in [0.29, 0.717) is 0 Å². The zero-order valence-electron chi connectivity index (χ0n) is 26.0. The van der Waals surface area contributed by atoms with Gasteiger partial charge in [0.1, 0.15) is 64.7 Å². The predicted molar refractivity (Wildman–Crippen MR) is 151 cm³/mol. The summed E-state index contributed by atoms with van der Waals surface area (Å²) in [5, 5.41) is 66.9. The maximum absolute atomic E-state index is 15.6. The zero-order valence-corrected chi connectivity index (χ0v) is 26.0. The van der Waals surface area contributed by atoms with Gasteiger partial charge in [-0.15, -0.1) is 0 Å². The van der Waals surface area contributed by atoms with Crippen LogP contribution in [-0.4, -0.2) is 0 Å². The maximum Gasteiger partial charge on any atom is 0.417 e. The topological polar surface area (TPSA) is 167 Å². The Bertz CT molecular complexity index is 2570. The van der Waals surface area contributed by atoms with Crippen LogP contribution in [0.25, 0.3) is 16.7 Å². The zero-order chi connectivity index (χ0) is 42.6. The molecule has 0 heterocycles. The van der Waals surface area contributed by atoms with Crippen LogP contribution in [-0.2, 0) is 18.5 Å². The molecule has 0 unspecified atom stereocenters. The molecule has 0 bridgehead atoms. The fraction of sp³-hybridized carbons (Fsp3) is 0.0882. The van der Waals surface area contributed by atoms with E-state index in [9.17, 15) is 74.6 Å². The number of halogens is 15. The molecule has 1 aliphatic carbocycles. The third-order valence-corrected chi connectivity index (χ3v) is 7.69. The van der Waals surface area contributed by atoms with Gasteiger partial charge in [-0.05, 0) is 12.1 Å². The molecule has 0 aliphatic heterocycles. The Balaban J connectivity index is 2.50. The molecule has 3 aromatic carbocycles. The number of alkyl halides is 9. The lowest BCUT2D eigenvalue weighted by Crippen LogP contribution is -2.19. The fourth-order valence-electron chi connectivity index (χ4n) is 5.35. The van der Waals surface area contributed by atoms with E-state index in [2.05, 4.69) is 0 Å². The van der Waals surface area contributed by atoms with Crippen LogP contribution < -0.4 is 0 Å². The molecule has 3 aromatic rings. The third kappa shape index (κ3) is 6.34. The van der Waals surface area contributed by atoms with Crippen molar-refractivity contribution in [1.29, 1.82) is 36.8 Å². The van der Waals surface area contributed by atoms with Crippen LogP contribution in [0.3, 0.4) is 0 Å². The number of benzene rings is 3. The molecule has 1 fully saturated rings. The maximum atomic E-state index is 15.6. The van der Waals surface area contributed by atoms with Crippen molar-refractivity contribution in [3.05, 3.63) is 119 Å². The smallest absolute Gasteiger partial charge is 0.205 e. The second kappa shape index (κ2) is 13.9. The van der Waals surface area contributed by atoms with Gasteiger partial charge >= 0.3 is 18.5 Å². The third-order valence-electron chi connectivity index (χ3n) is 7.69. The van der Waals surface area contributed by atoms with Crippen LogP contribution in [0.15, 0.2) is 28.9 Å². The van der Waals surface area contributed by atoms with Crippen molar-refractivity contribution < 1.29 is 65.9 Å². The molecule has 1 aliphatic rings. The van der Waals surface area contributed by atoms with Crippen molar-refractivity contribution in [2.75, 3.05) is 0 Å². The van der Waals surface area contributed by atoms with Crippen molar-refractivity contribution >= 4 is 16.7 Å². The molecule has 56 heavy (non-hydrogen) atoms. The van der Waals surface area contributed by atoms with Gasteiger partial charge in [0.25, 0.3) is 0 Å². The number of nitrogens with zero attached hydrogens (tertiary/aromatic N) is 7. The molecule has 0 aromatic heterocycles. The molecule has 22 heteroatoms. The average molecular weight is 793 g/mol. The summed E-state index contributed by atoms with van der Waals surface area (Å²) < 4.78 is 219. The predicted octanol–water partition coefficient (Wildman–Crippen LogP) is 9.31.